The number of carbonyl (C=O) groups excluding carboxylic acids is 3. The number of halogens is 1. The summed E-state index contributed by atoms with van der Waals surface area (Å²) in [6, 6.07) is -1.18. The topological polar surface area (TPSA) is 114 Å². The Morgan fingerprint density at radius 2 is 1.69 bits per heavy atom. The van der Waals surface area contributed by atoms with Crippen LogP contribution < -0.4 is 10.6 Å². The molecule has 8 nitrogen and oxygen atoms in total. The SMILES string of the molecule is COC(=O)C(O)C1(NC(=O)[C@H](CC2(F)CCCC2)NC(=O)OC(C)(C)C)CCC1. The number of nitrogens with one attached hydrogen (secondary N) is 2. The van der Waals surface area contributed by atoms with Gasteiger partial charge in [0.2, 0.25) is 5.91 Å². The minimum atomic E-state index is -1.55. The molecule has 0 aromatic rings. The van der Waals surface area contributed by atoms with E-state index >= 15 is 4.39 Å². The molecule has 3 N–H and O–H groups in total. The van der Waals surface area contributed by atoms with Crippen molar-refractivity contribution in [2.45, 2.75) is 101 Å². The summed E-state index contributed by atoms with van der Waals surface area (Å²) in [6.45, 7) is 5.06. The average Bonchev–Trinajstić information content (AvgIpc) is 3.00. The number of aliphatic hydroxyl groups excluding tert-OH is 1. The van der Waals surface area contributed by atoms with E-state index in [1.54, 1.807) is 20.8 Å². The number of aliphatic hydroxyl groups is 1. The third-order valence-corrected chi connectivity index (χ3v) is 5.64. The summed E-state index contributed by atoms with van der Waals surface area (Å²) >= 11 is 0. The highest BCUT2D eigenvalue weighted by Gasteiger charge is 2.50. The van der Waals surface area contributed by atoms with E-state index in [0.29, 0.717) is 32.1 Å². The number of methoxy groups -OCH3 is 1. The Bertz CT molecular complexity index is 623. The van der Waals surface area contributed by atoms with Crippen LogP contribution in [0.15, 0.2) is 0 Å². The van der Waals surface area contributed by atoms with Crippen LogP contribution in [0.1, 0.15) is 72.1 Å². The lowest BCUT2D eigenvalue weighted by Crippen LogP contribution is -2.66. The first-order chi connectivity index (χ1) is 13.4. The summed E-state index contributed by atoms with van der Waals surface area (Å²) in [5.74, 6) is -1.50. The highest BCUT2D eigenvalue weighted by Crippen LogP contribution is 2.38. The summed E-state index contributed by atoms with van der Waals surface area (Å²) in [4.78, 5) is 37.0. The van der Waals surface area contributed by atoms with Gasteiger partial charge in [-0.15, -0.1) is 0 Å². The molecular weight excluding hydrogens is 383 g/mol. The summed E-state index contributed by atoms with van der Waals surface area (Å²) in [5, 5.41) is 15.5. The molecule has 2 aliphatic carbocycles. The Balaban J connectivity index is 2.14. The second-order valence-corrected chi connectivity index (χ2v) is 9.19. The van der Waals surface area contributed by atoms with E-state index in [1.807, 2.05) is 0 Å². The number of alkyl halides is 1. The first kappa shape index (κ1) is 23.4. The molecular formula is C20H33FN2O6. The van der Waals surface area contributed by atoms with E-state index in [4.69, 9.17) is 4.74 Å². The van der Waals surface area contributed by atoms with E-state index in [2.05, 4.69) is 15.4 Å². The van der Waals surface area contributed by atoms with Gasteiger partial charge in [-0.1, -0.05) is 12.8 Å². The summed E-state index contributed by atoms with van der Waals surface area (Å²) in [6.07, 6.45) is 1.03. The van der Waals surface area contributed by atoms with E-state index in [-0.39, 0.29) is 6.42 Å². The van der Waals surface area contributed by atoms with Gasteiger partial charge in [-0.25, -0.2) is 14.0 Å². The fourth-order valence-corrected chi connectivity index (χ4v) is 3.93. The van der Waals surface area contributed by atoms with Crippen LogP contribution in [0.4, 0.5) is 9.18 Å². The van der Waals surface area contributed by atoms with Crippen LogP contribution in [-0.4, -0.2) is 59.1 Å². The van der Waals surface area contributed by atoms with Gasteiger partial charge in [0.25, 0.3) is 0 Å². The predicted octanol–water partition coefficient (Wildman–Crippen LogP) is 2.12. The Morgan fingerprint density at radius 1 is 1.10 bits per heavy atom. The van der Waals surface area contributed by atoms with Crippen LogP contribution in [0.5, 0.6) is 0 Å². The second-order valence-electron chi connectivity index (χ2n) is 9.19. The van der Waals surface area contributed by atoms with Crippen molar-refractivity contribution in [2.75, 3.05) is 7.11 Å². The summed E-state index contributed by atoms with van der Waals surface area (Å²) in [5.41, 5.74) is -3.50. The molecule has 0 saturated heterocycles. The van der Waals surface area contributed by atoms with Crippen LogP contribution in [-0.2, 0) is 19.1 Å². The standard InChI is InChI=1S/C20H33FN2O6/c1-18(2,3)29-17(27)22-13(12-19(21)8-5-6-9-19)15(25)23-20(10-7-11-20)14(24)16(26)28-4/h13-14,24H,5-12H2,1-4H3,(H,22,27)(H,23,25)/t13-,14?/m0/s1. The van der Waals surface area contributed by atoms with Gasteiger partial charge in [0.05, 0.1) is 12.6 Å². The second kappa shape index (κ2) is 8.85. The Morgan fingerprint density at radius 3 is 2.14 bits per heavy atom. The first-order valence-electron chi connectivity index (χ1n) is 10.2. The van der Waals surface area contributed by atoms with Crippen LogP contribution in [0.3, 0.4) is 0 Å². The molecule has 29 heavy (non-hydrogen) atoms. The van der Waals surface area contributed by atoms with Gasteiger partial charge in [-0.3, -0.25) is 4.79 Å². The van der Waals surface area contributed by atoms with Crippen LogP contribution in [0.25, 0.3) is 0 Å². The molecule has 0 spiro atoms. The molecule has 2 amide bonds. The van der Waals surface area contributed by atoms with Crippen molar-refractivity contribution in [3.63, 3.8) is 0 Å². The number of rotatable bonds is 7. The molecule has 2 atom stereocenters. The van der Waals surface area contributed by atoms with Crippen LogP contribution >= 0.6 is 0 Å². The Kier molecular flexibility index (Phi) is 7.14. The maximum atomic E-state index is 15.1. The van der Waals surface area contributed by atoms with E-state index in [0.717, 1.165) is 20.0 Å². The maximum absolute atomic E-state index is 15.1. The van der Waals surface area contributed by atoms with Gasteiger partial charge in [0.1, 0.15) is 17.3 Å². The molecule has 2 saturated carbocycles. The van der Waals surface area contributed by atoms with Gasteiger partial charge >= 0.3 is 12.1 Å². The van der Waals surface area contributed by atoms with Crippen molar-refractivity contribution in [2.24, 2.45) is 0 Å². The summed E-state index contributed by atoms with van der Waals surface area (Å²) < 4.78 is 24.9. The van der Waals surface area contributed by atoms with Gasteiger partial charge in [0.15, 0.2) is 6.10 Å². The van der Waals surface area contributed by atoms with Crippen molar-refractivity contribution >= 4 is 18.0 Å². The Hall–Kier alpha value is -1.90. The molecule has 0 aromatic carbocycles. The third kappa shape index (κ3) is 6.04. The highest BCUT2D eigenvalue weighted by atomic mass is 19.1. The van der Waals surface area contributed by atoms with Crippen LogP contribution in [0, 0.1) is 0 Å². The molecule has 2 fully saturated rings. The number of hydrogen-bond acceptors (Lipinski definition) is 6. The monoisotopic (exact) mass is 416 g/mol. The summed E-state index contributed by atoms with van der Waals surface area (Å²) in [7, 11) is 1.15. The van der Waals surface area contributed by atoms with Crippen molar-refractivity contribution < 1.29 is 33.4 Å². The minimum Gasteiger partial charge on any atom is -0.467 e. The zero-order chi connectivity index (χ0) is 21.9. The number of esters is 1. The van der Waals surface area contributed by atoms with E-state index in [1.165, 1.54) is 0 Å². The van der Waals surface area contributed by atoms with Crippen molar-refractivity contribution in [3.8, 4) is 0 Å². The van der Waals surface area contributed by atoms with Crippen molar-refractivity contribution in [3.05, 3.63) is 0 Å². The number of carbonyl (C=O) groups is 3. The fraction of sp³-hybridized carbons (Fsp3) is 0.850. The quantitative estimate of drug-likeness (QED) is 0.548. The van der Waals surface area contributed by atoms with Gasteiger partial charge in [-0.05, 0) is 52.9 Å². The van der Waals surface area contributed by atoms with Gasteiger partial charge in [0, 0.05) is 6.42 Å². The number of amides is 2. The third-order valence-electron chi connectivity index (χ3n) is 5.64. The molecule has 9 heteroatoms. The highest BCUT2D eigenvalue weighted by molar-refractivity contribution is 5.87. The van der Waals surface area contributed by atoms with Crippen molar-refractivity contribution in [1.82, 2.24) is 10.6 Å². The lowest BCUT2D eigenvalue weighted by Gasteiger charge is -2.45. The van der Waals surface area contributed by atoms with Gasteiger partial charge in [-0.2, -0.15) is 0 Å². The molecule has 2 aliphatic rings. The zero-order valence-corrected chi connectivity index (χ0v) is 17.7. The van der Waals surface area contributed by atoms with Crippen LogP contribution in [0.2, 0.25) is 0 Å². The molecule has 0 aromatic heterocycles. The Labute approximate surface area is 170 Å². The van der Waals surface area contributed by atoms with E-state index in [9.17, 15) is 19.5 Å². The maximum Gasteiger partial charge on any atom is 0.408 e. The fourth-order valence-electron chi connectivity index (χ4n) is 3.93. The number of alkyl carbamates (subject to hydrolysis) is 1. The molecule has 0 aliphatic heterocycles. The number of ether oxygens (including phenoxy) is 2. The molecule has 0 bridgehead atoms. The van der Waals surface area contributed by atoms with E-state index < -0.39 is 46.9 Å². The largest absolute Gasteiger partial charge is 0.467 e. The lowest BCUT2D eigenvalue weighted by atomic mass is 9.72. The molecule has 166 valence electrons. The molecule has 0 radical (unpaired) electrons. The van der Waals surface area contributed by atoms with Gasteiger partial charge < -0.3 is 25.2 Å². The minimum absolute atomic E-state index is 0.192. The molecule has 0 heterocycles. The number of hydrogen-bond donors (Lipinski definition) is 3. The lowest BCUT2D eigenvalue weighted by molar-refractivity contribution is -0.159. The molecule has 2 rings (SSSR count). The first-order valence-corrected chi connectivity index (χ1v) is 10.2. The normalized spacial score (nSPS) is 22.0. The zero-order valence-electron chi connectivity index (χ0n) is 17.7. The predicted molar refractivity (Wildman–Crippen MR) is 103 cm³/mol. The smallest absolute Gasteiger partial charge is 0.408 e. The molecule has 1 unspecified atom stereocenters. The van der Waals surface area contributed by atoms with Crippen molar-refractivity contribution in [1.29, 1.82) is 0 Å². The average molecular weight is 416 g/mol.